The van der Waals surface area contributed by atoms with Gasteiger partial charge in [0, 0.05) is 16.8 Å². The Labute approximate surface area is 133 Å². The van der Waals surface area contributed by atoms with Gasteiger partial charge in [0.05, 0.1) is 5.69 Å². The molecule has 1 aliphatic rings. The van der Waals surface area contributed by atoms with Crippen LogP contribution in [0.1, 0.15) is 61.8 Å². The minimum atomic E-state index is -0.152. The Hall–Kier alpha value is -0.490. The third-order valence-corrected chi connectivity index (χ3v) is 5.38. The van der Waals surface area contributed by atoms with Gasteiger partial charge in [0.1, 0.15) is 4.88 Å². The molecule has 1 heterocycles. The quantitative estimate of drug-likeness (QED) is 0.839. The maximum atomic E-state index is 12.5. The zero-order chi connectivity index (χ0) is 14.8. The van der Waals surface area contributed by atoms with E-state index in [0.29, 0.717) is 10.8 Å². The molecule has 0 aromatic carbocycles. The van der Waals surface area contributed by atoms with E-state index < -0.39 is 0 Å². The first-order chi connectivity index (χ1) is 9.43. The first kappa shape index (κ1) is 15.9. The second-order valence-corrected chi connectivity index (χ2v) is 7.88. The van der Waals surface area contributed by atoms with Gasteiger partial charge in [-0.25, -0.2) is 0 Å². The van der Waals surface area contributed by atoms with Gasteiger partial charge in [0.25, 0.3) is 5.91 Å². The number of aromatic nitrogens is 2. The normalized spacial score (nSPS) is 23.6. The van der Waals surface area contributed by atoms with E-state index in [2.05, 4.69) is 51.6 Å². The highest BCUT2D eigenvalue weighted by Crippen LogP contribution is 2.28. The van der Waals surface area contributed by atoms with Gasteiger partial charge < -0.3 is 5.32 Å². The number of amides is 1. The van der Waals surface area contributed by atoms with Crippen molar-refractivity contribution in [2.45, 2.75) is 57.9 Å². The predicted molar refractivity (Wildman–Crippen MR) is 85.6 cm³/mol. The second kappa shape index (κ2) is 6.52. The molecule has 4 nitrogen and oxygen atoms in total. The minimum Gasteiger partial charge on any atom is -0.348 e. The van der Waals surface area contributed by atoms with Crippen LogP contribution in [0.3, 0.4) is 0 Å². The molecule has 1 N–H and O–H groups in total. The Morgan fingerprint density at radius 3 is 2.75 bits per heavy atom. The summed E-state index contributed by atoms with van der Waals surface area (Å²) < 4.78 is 3.96. The van der Waals surface area contributed by atoms with Crippen LogP contribution >= 0.6 is 27.5 Å². The standard InChI is InChI=1S/C14H22BrN3OS/c1-14(2,3)12-11(20-18-17-12)13(19)16-10-7-5-4-6-9(10)8-15/h9-10H,4-8H2,1-3H3,(H,16,19). The molecule has 1 aliphatic carbocycles. The summed E-state index contributed by atoms with van der Waals surface area (Å²) in [7, 11) is 0. The fourth-order valence-electron chi connectivity index (χ4n) is 2.65. The van der Waals surface area contributed by atoms with Gasteiger partial charge >= 0.3 is 0 Å². The van der Waals surface area contributed by atoms with Crippen molar-refractivity contribution in [3.05, 3.63) is 10.6 Å². The average molecular weight is 360 g/mol. The summed E-state index contributed by atoms with van der Waals surface area (Å²) in [6.07, 6.45) is 4.71. The lowest BCUT2D eigenvalue weighted by Gasteiger charge is -2.31. The lowest BCUT2D eigenvalue weighted by Crippen LogP contribution is -2.43. The molecule has 2 atom stereocenters. The van der Waals surface area contributed by atoms with Gasteiger partial charge in [-0.05, 0) is 30.3 Å². The Morgan fingerprint density at radius 1 is 1.40 bits per heavy atom. The van der Waals surface area contributed by atoms with Gasteiger partial charge in [-0.15, -0.1) is 5.10 Å². The van der Waals surface area contributed by atoms with Gasteiger partial charge in [0.2, 0.25) is 0 Å². The van der Waals surface area contributed by atoms with Crippen molar-refractivity contribution in [3.8, 4) is 0 Å². The van der Waals surface area contributed by atoms with Crippen LogP contribution in [0.4, 0.5) is 0 Å². The van der Waals surface area contributed by atoms with Crippen molar-refractivity contribution in [1.82, 2.24) is 14.9 Å². The molecule has 1 saturated carbocycles. The van der Waals surface area contributed by atoms with Crippen molar-refractivity contribution >= 4 is 33.4 Å². The van der Waals surface area contributed by atoms with Gasteiger partial charge in [-0.1, -0.05) is 54.0 Å². The fourth-order valence-corrected chi connectivity index (χ4v) is 4.20. The summed E-state index contributed by atoms with van der Waals surface area (Å²) in [6.45, 7) is 6.17. The summed E-state index contributed by atoms with van der Waals surface area (Å²) >= 11 is 4.76. The highest BCUT2D eigenvalue weighted by molar-refractivity contribution is 9.09. The molecule has 0 bridgehead atoms. The molecule has 112 valence electrons. The molecule has 0 spiro atoms. The molecular weight excluding hydrogens is 338 g/mol. The van der Waals surface area contributed by atoms with Crippen molar-refractivity contribution in [3.63, 3.8) is 0 Å². The number of hydrogen-bond donors (Lipinski definition) is 1. The van der Waals surface area contributed by atoms with E-state index in [1.807, 2.05) is 0 Å². The summed E-state index contributed by atoms with van der Waals surface area (Å²) in [5, 5.41) is 8.28. The van der Waals surface area contributed by atoms with E-state index >= 15 is 0 Å². The topological polar surface area (TPSA) is 54.9 Å². The van der Waals surface area contributed by atoms with E-state index in [0.717, 1.165) is 17.4 Å². The SMILES string of the molecule is CC(C)(C)c1nnsc1C(=O)NC1CCCCC1CBr. The van der Waals surface area contributed by atoms with Crippen molar-refractivity contribution in [2.75, 3.05) is 5.33 Å². The van der Waals surface area contributed by atoms with Crippen LogP contribution in [0, 0.1) is 5.92 Å². The van der Waals surface area contributed by atoms with Gasteiger partial charge in [-0.2, -0.15) is 0 Å². The zero-order valence-electron chi connectivity index (χ0n) is 12.3. The van der Waals surface area contributed by atoms with Crippen LogP contribution in [0.5, 0.6) is 0 Å². The largest absolute Gasteiger partial charge is 0.348 e. The zero-order valence-corrected chi connectivity index (χ0v) is 14.7. The van der Waals surface area contributed by atoms with Crippen molar-refractivity contribution in [2.24, 2.45) is 5.92 Å². The van der Waals surface area contributed by atoms with E-state index in [-0.39, 0.29) is 17.4 Å². The Balaban J connectivity index is 2.10. The molecule has 0 saturated heterocycles. The summed E-state index contributed by atoms with van der Waals surface area (Å²) in [4.78, 5) is 13.2. The molecule has 1 fully saturated rings. The summed E-state index contributed by atoms with van der Waals surface area (Å²) in [5.74, 6) is 0.523. The summed E-state index contributed by atoms with van der Waals surface area (Å²) in [6, 6.07) is 0.269. The van der Waals surface area contributed by atoms with E-state index in [1.54, 1.807) is 0 Å². The van der Waals surface area contributed by atoms with Crippen LogP contribution in [0.2, 0.25) is 0 Å². The molecule has 6 heteroatoms. The van der Waals surface area contributed by atoms with E-state index in [9.17, 15) is 4.79 Å². The molecule has 0 aliphatic heterocycles. The lowest BCUT2D eigenvalue weighted by atomic mass is 9.85. The maximum absolute atomic E-state index is 12.5. The Morgan fingerprint density at radius 2 is 2.10 bits per heavy atom. The van der Waals surface area contributed by atoms with Gasteiger partial charge in [0.15, 0.2) is 0 Å². The van der Waals surface area contributed by atoms with Crippen LogP contribution in [0.15, 0.2) is 0 Å². The number of halogens is 1. The van der Waals surface area contributed by atoms with Crippen LogP contribution in [-0.2, 0) is 5.41 Å². The molecule has 1 amide bonds. The van der Waals surface area contributed by atoms with Crippen LogP contribution < -0.4 is 5.32 Å². The molecular formula is C14H22BrN3OS. The van der Waals surface area contributed by atoms with E-state index in [4.69, 9.17) is 0 Å². The van der Waals surface area contributed by atoms with Gasteiger partial charge in [-0.3, -0.25) is 4.79 Å². The molecule has 2 rings (SSSR count). The monoisotopic (exact) mass is 359 g/mol. The smallest absolute Gasteiger partial charge is 0.265 e. The minimum absolute atomic E-state index is 0.0113. The number of nitrogens with zero attached hydrogens (tertiary/aromatic N) is 2. The first-order valence-corrected chi connectivity index (χ1v) is 9.02. The molecule has 0 radical (unpaired) electrons. The van der Waals surface area contributed by atoms with E-state index in [1.165, 1.54) is 30.8 Å². The molecule has 1 aromatic heterocycles. The molecule has 2 unspecified atom stereocenters. The first-order valence-electron chi connectivity index (χ1n) is 7.13. The third kappa shape index (κ3) is 3.58. The highest BCUT2D eigenvalue weighted by atomic mass is 79.9. The lowest BCUT2D eigenvalue weighted by molar-refractivity contribution is 0.0913. The Bertz CT molecular complexity index is 469. The number of carbonyl (C=O) groups excluding carboxylic acids is 1. The molecule has 20 heavy (non-hydrogen) atoms. The van der Waals surface area contributed by atoms with Crippen molar-refractivity contribution < 1.29 is 4.79 Å². The average Bonchev–Trinajstić information content (AvgIpc) is 2.88. The number of hydrogen-bond acceptors (Lipinski definition) is 4. The number of carbonyl (C=O) groups is 1. The fraction of sp³-hybridized carbons (Fsp3) is 0.786. The summed E-state index contributed by atoms with van der Waals surface area (Å²) in [5.41, 5.74) is 0.646. The highest BCUT2D eigenvalue weighted by Gasteiger charge is 2.30. The Kier molecular flexibility index (Phi) is 5.18. The second-order valence-electron chi connectivity index (χ2n) is 6.48. The maximum Gasteiger partial charge on any atom is 0.265 e. The number of alkyl halides is 1. The van der Waals surface area contributed by atoms with Crippen LogP contribution in [-0.4, -0.2) is 26.9 Å². The third-order valence-electron chi connectivity index (χ3n) is 3.83. The van der Waals surface area contributed by atoms with Crippen molar-refractivity contribution in [1.29, 1.82) is 0 Å². The number of rotatable bonds is 3. The molecule has 1 aromatic rings. The van der Waals surface area contributed by atoms with Crippen LogP contribution in [0.25, 0.3) is 0 Å². The predicted octanol–water partition coefficient (Wildman–Crippen LogP) is 3.52. The number of nitrogens with one attached hydrogen (secondary N) is 1.